The van der Waals surface area contributed by atoms with Gasteiger partial charge in [0.05, 0.1) is 12.7 Å². The molecule has 0 heterocycles. The van der Waals surface area contributed by atoms with Gasteiger partial charge in [-0.3, -0.25) is 9.59 Å². The molecule has 3 rings (SSSR count). The second-order valence-corrected chi connectivity index (χ2v) is 7.56. The van der Waals surface area contributed by atoms with Crippen LogP contribution in [0.2, 0.25) is 5.02 Å². The van der Waals surface area contributed by atoms with Gasteiger partial charge in [0.25, 0.3) is 5.91 Å². The lowest BCUT2D eigenvalue weighted by molar-refractivity contribution is -0.118. The molecule has 0 aliphatic rings. The maximum atomic E-state index is 13.0. The molecular weight excluding hydrogens is 465 g/mol. The number of ketones is 1. The van der Waals surface area contributed by atoms with Crippen LogP contribution in [0.4, 0.5) is 10.1 Å². The zero-order valence-corrected chi connectivity index (χ0v) is 19.1. The van der Waals surface area contributed by atoms with Gasteiger partial charge in [-0.1, -0.05) is 11.6 Å². The molecule has 1 atom stereocenters. The number of anilines is 1. The molecule has 3 aromatic rings. The van der Waals surface area contributed by atoms with Crippen LogP contribution in [-0.4, -0.2) is 37.5 Å². The van der Waals surface area contributed by atoms with E-state index in [-0.39, 0.29) is 29.5 Å². The molecule has 0 aliphatic heterocycles. The normalized spacial score (nSPS) is 11.3. The highest BCUT2D eigenvalue weighted by atomic mass is 35.5. The molecule has 0 aromatic heterocycles. The molecule has 1 unspecified atom stereocenters. The van der Waals surface area contributed by atoms with Crippen molar-refractivity contribution in [3.8, 4) is 11.5 Å². The van der Waals surface area contributed by atoms with Crippen molar-refractivity contribution in [1.29, 1.82) is 0 Å². The van der Waals surface area contributed by atoms with E-state index in [1.807, 2.05) is 0 Å². The van der Waals surface area contributed by atoms with E-state index in [0.29, 0.717) is 16.3 Å². The molecule has 0 spiro atoms. The van der Waals surface area contributed by atoms with Crippen LogP contribution < -0.4 is 14.8 Å². The highest BCUT2D eigenvalue weighted by Gasteiger charge is 2.21. The summed E-state index contributed by atoms with van der Waals surface area (Å²) in [5, 5.41) is 3.06. The molecule has 34 heavy (non-hydrogen) atoms. The van der Waals surface area contributed by atoms with Gasteiger partial charge < -0.3 is 19.5 Å². The van der Waals surface area contributed by atoms with Gasteiger partial charge in [-0.2, -0.15) is 0 Å². The summed E-state index contributed by atoms with van der Waals surface area (Å²) >= 11 is 5.83. The van der Waals surface area contributed by atoms with Gasteiger partial charge in [0, 0.05) is 16.3 Å². The van der Waals surface area contributed by atoms with Gasteiger partial charge in [0.15, 0.2) is 24.2 Å². The summed E-state index contributed by atoms with van der Waals surface area (Å²) in [4.78, 5) is 37.1. The SMILES string of the molecule is COc1cc(C(=O)OC(C)C(=O)c2ccc(Cl)cc2)ccc1OCC(=O)Nc1ccc(F)cc1. The fourth-order valence-electron chi connectivity index (χ4n) is 2.92. The van der Waals surface area contributed by atoms with E-state index in [0.717, 1.165) is 0 Å². The highest BCUT2D eigenvalue weighted by Crippen LogP contribution is 2.28. The van der Waals surface area contributed by atoms with Gasteiger partial charge in [0.2, 0.25) is 5.78 Å². The fourth-order valence-corrected chi connectivity index (χ4v) is 3.04. The Kier molecular flexibility index (Phi) is 8.21. The molecule has 3 aromatic carbocycles. The van der Waals surface area contributed by atoms with Gasteiger partial charge >= 0.3 is 5.97 Å². The maximum Gasteiger partial charge on any atom is 0.338 e. The smallest absolute Gasteiger partial charge is 0.338 e. The number of nitrogens with one attached hydrogen (secondary N) is 1. The number of Topliss-reactive ketones (excluding diaryl/α,β-unsaturated/α-hetero) is 1. The van der Waals surface area contributed by atoms with Crippen molar-refractivity contribution in [2.75, 3.05) is 19.0 Å². The summed E-state index contributed by atoms with van der Waals surface area (Å²) < 4.78 is 29.0. The maximum absolute atomic E-state index is 13.0. The van der Waals surface area contributed by atoms with E-state index in [9.17, 15) is 18.8 Å². The second kappa shape index (κ2) is 11.3. The van der Waals surface area contributed by atoms with E-state index >= 15 is 0 Å². The largest absolute Gasteiger partial charge is 0.493 e. The first kappa shape index (κ1) is 24.7. The number of halogens is 2. The van der Waals surface area contributed by atoms with Crippen LogP contribution in [0.3, 0.4) is 0 Å². The summed E-state index contributed by atoms with van der Waals surface area (Å²) in [6.45, 7) is 1.13. The number of hydrogen-bond acceptors (Lipinski definition) is 6. The number of esters is 1. The average Bonchev–Trinajstić information content (AvgIpc) is 2.84. The molecule has 1 amide bonds. The summed E-state index contributed by atoms with van der Waals surface area (Å²) in [7, 11) is 1.38. The Hall–Kier alpha value is -3.91. The average molecular weight is 486 g/mol. The van der Waals surface area contributed by atoms with Crippen LogP contribution in [0.15, 0.2) is 66.7 Å². The molecule has 1 N–H and O–H groups in total. The lowest BCUT2D eigenvalue weighted by atomic mass is 10.1. The minimum atomic E-state index is -1.02. The molecule has 176 valence electrons. The van der Waals surface area contributed by atoms with Crippen LogP contribution in [0.1, 0.15) is 27.6 Å². The van der Waals surface area contributed by atoms with Crippen LogP contribution in [0.25, 0.3) is 0 Å². The monoisotopic (exact) mass is 485 g/mol. The minimum absolute atomic E-state index is 0.135. The van der Waals surface area contributed by atoms with Crippen molar-refractivity contribution in [2.24, 2.45) is 0 Å². The van der Waals surface area contributed by atoms with Crippen LogP contribution in [-0.2, 0) is 9.53 Å². The quantitative estimate of drug-likeness (QED) is 0.341. The number of carbonyl (C=O) groups excluding carboxylic acids is 3. The Morgan fingerprint density at radius 3 is 2.24 bits per heavy atom. The molecule has 7 nitrogen and oxygen atoms in total. The van der Waals surface area contributed by atoms with Crippen molar-refractivity contribution < 1.29 is 33.0 Å². The fraction of sp³-hybridized carbons (Fsp3) is 0.160. The first-order valence-corrected chi connectivity index (χ1v) is 10.5. The predicted molar refractivity (Wildman–Crippen MR) is 124 cm³/mol. The van der Waals surface area contributed by atoms with Crippen molar-refractivity contribution in [3.63, 3.8) is 0 Å². The number of benzene rings is 3. The Bertz CT molecular complexity index is 1180. The summed E-state index contributed by atoms with van der Waals surface area (Å²) in [6.07, 6.45) is -1.02. The van der Waals surface area contributed by atoms with Crippen molar-refractivity contribution in [1.82, 2.24) is 0 Å². The van der Waals surface area contributed by atoms with Crippen molar-refractivity contribution in [3.05, 3.63) is 88.7 Å². The van der Waals surface area contributed by atoms with E-state index in [2.05, 4.69) is 5.32 Å². The lowest BCUT2D eigenvalue weighted by Gasteiger charge is -2.14. The van der Waals surface area contributed by atoms with Gasteiger partial charge in [-0.15, -0.1) is 0 Å². The van der Waals surface area contributed by atoms with E-state index in [1.54, 1.807) is 24.3 Å². The molecule has 0 aliphatic carbocycles. The van der Waals surface area contributed by atoms with Crippen molar-refractivity contribution in [2.45, 2.75) is 13.0 Å². The van der Waals surface area contributed by atoms with Crippen LogP contribution >= 0.6 is 11.6 Å². The van der Waals surface area contributed by atoms with Gasteiger partial charge in [-0.05, 0) is 73.7 Å². The van der Waals surface area contributed by atoms with Crippen LogP contribution in [0.5, 0.6) is 11.5 Å². The highest BCUT2D eigenvalue weighted by molar-refractivity contribution is 6.30. The topological polar surface area (TPSA) is 90.9 Å². The predicted octanol–water partition coefficient (Wildman–Crippen LogP) is 4.93. The first-order valence-electron chi connectivity index (χ1n) is 10.1. The van der Waals surface area contributed by atoms with Crippen LogP contribution in [0, 0.1) is 5.82 Å². The van der Waals surface area contributed by atoms with E-state index in [4.69, 9.17) is 25.8 Å². The molecule has 0 saturated heterocycles. The standard InChI is InChI=1S/C25H21ClFNO6/c1-15(24(30)16-3-6-18(26)7-4-16)34-25(31)17-5-12-21(22(13-17)32-2)33-14-23(29)28-20-10-8-19(27)9-11-20/h3-13,15H,14H2,1-2H3,(H,28,29). The number of carbonyl (C=O) groups is 3. The number of amides is 1. The summed E-state index contributed by atoms with van der Waals surface area (Å²) in [6, 6.07) is 15.8. The number of ether oxygens (including phenoxy) is 3. The molecule has 0 radical (unpaired) electrons. The minimum Gasteiger partial charge on any atom is -0.493 e. The zero-order valence-electron chi connectivity index (χ0n) is 18.3. The number of rotatable bonds is 9. The Morgan fingerprint density at radius 1 is 0.941 bits per heavy atom. The number of methoxy groups -OCH3 is 1. The Balaban J connectivity index is 1.60. The Labute approximate surface area is 200 Å². The van der Waals surface area contributed by atoms with E-state index in [1.165, 1.54) is 56.5 Å². The molecule has 0 bridgehead atoms. The lowest BCUT2D eigenvalue weighted by Crippen LogP contribution is -2.24. The molecule has 9 heteroatoms. The summed E-state index contributed by atoms with van der Waals surface area (Å²) in [5.41, 5.74) is 0.919. The molecule has 0 fully saturated rings. The third-order valence-electron chi connectivity index (χ3n) is 4.67. The third kappa shape index (κ3) is 6.55. The van der Waals surface area contributed by atoms with Crippen molar-refractivity contribution >= 4 is 34.9 Å². The summed E-state index contributed by atoms with van der Waals surface area (Å²) in [5.74, 6) is -1.56. The molecule has 0 saturated carbocycles. The zero-order chi connectivity index (χ0) is 24.7. The second-order valence-electron chi connectivity index (χ2n) is 7.13. The number of hydrogen-bond donors (Lipinski definition) is 1. The Morgan fingerprint density at radius 2 is 1.59 bits per heavy atom. The third-order valence-corrected chi connectivity index (χ3v) is 4.92. The van der Waals surface area contributed by atoms with Gasteiger partial charge in [0.1, 0.15) is 5.82 Å². The first-order chi connectivity index (χ1) is 16.3. The van der Waals surface area contributed by atoms with Gasteiger partial charge in [-0.25, -0.2) is 9.18 Å². The molecular formula is C25H21ClFNO6. The van der Waals surface area contributed by atoms with E-state index < -0.39 is 23.8 Å².